The number of methoxy groups -OCH3 is 1. The molecule has 0 N–H and O–H groups in total. The number of benzene rings is 1. The number of carbonyl (C=O) groups excluding carboxylic acids is 1. The smallest absolute Gasteiger partial charge is 0.254 e. The summed E-state index contributed by atoms with van der Waals surface area (Å²) in [6, 6.07) is 5.27. The molecule has 98 valence electrons. The highest BCUT2D eigenvalue weighted by molar-refractivity contribution is 9.10. The Hall–Kier alpha value is -0.580. The van der Waals surface area contributed by atoms with Crippen LogP contribution in [0.5, 0.6) is 0 Å². The predicted octanol–water partition coefficient (Wildman–Crippen LogP) is 3.35. The fourth-order valence-electron chi connectivity index (χ4n) is 2.17. The number of halogens is 2. The van der Waals surface area contributed by atoms with Gasteiger partial charge in [-0.3, -0.25) is 4.79 Å². The van der Waals surface area contributed by atoms with Gasteiger partial charge in [0.2, 0.25) is 0 Å². The van der Waals surface area contributed by atoms with Gasteiger partial charge in [-0.2, -0.15) is 0 Å². The molecule has 0 aliphatic carbocycles. The molecule has 0 saturated carbocycles. The van der Waals surface area contributed by atoms with Crippen molar-refractivity contribution in [1.29, 1.82) is 0 Å². The molecule has 1 aromatic rings. The second-order valence-corrected chi connectivity index (χ2v) is 5.76. The van der Waals surface area contributed by atoms with E-state index in [0.29, 0.717) is 17.1 Å². The summed E-state index contributed by atoms with van der Waals surface area (Å²) in [6.45, 7) is 1.43. The van der Waals surface area contributed by atoms with Crippen LogP contribution in [0.2, 0.25) is 5.02 Å². The summed E-state index contributed by atoms with van der Waals surface area (Å²) in [5.41, 5.74) is 0.617. The molecule has 5 heteroatoms. The Labute approximate surface area is 120 Å². The normalized spacial score (nSPS) is 19.9. The summed E-state index contributed by atoms with van der Waals surface area (Å²) < 4.78 is 6.14. The zero-order valence-corrected chi connectivity index (χ0v) is 12.5. The molecule has 2 rings (SSSR count). The summed E-state index contributed by atoms with van der Waals surface area (Å²) >= 11 is 9.31. The second-order valence-electron chi connectivity index (χ2n) is 4.41. The van der Waals surface area contributed by atoms with Gasteiger partial charge in [0.15, 0.2) is 0 Å². The van der Waals surface area contributed by atoms with E-state index in [2.05, 4.69) is 15.9 Å². The number of hydrogen-bond donors (Lipinski definition) is 0. The highest BCUT2D eigenvalue weighted by Gasteiger charge is 2.24. The third kappa shape index (κ3) is 3.25. The van der Waals surface area contributed by atoms with E-state index >= 15 is 0 Å². The van der Waals surface area contributed by atoms with E-state index in [9.17, 15) is 4.79 Å². The van der Waals surface area contributed by atoms with E-state index in [0.717, 1.165) is 23.9 Å². The number of ether oxygens (including phenoxy) is 1. The van der Waals surface area contributed by atoms with Crippen LogP contribution in [-0.4, -0.2) is 37.1 Å². The average molecular weight is 333 g/mol. The van der Waals surface area contributed by atoms with Gasteiger partial charge >= 0.3 is 0 Å². The van der Waals surface area contributed by atoms with Gasteiger partial charge < -0.3 is 9.64 Å². The molecule has 1 fully saturated rings. The van der Waals surface area contributed by atoms with Crippen molar-refractivity contribution in [3.63, 3.8) is 0 Å². The van der Waals surface area contributed by atoms with Crippen LogP contribution in [0, 0.1) is 0 Å². The van der Waals surface area contributed by atoms with Crippen molar-refractivity contribution in [2.24, 2.45) is 0 Å². The van der Waals surface area contributed by atoms with Crippen LogP contribution in [0.3, 0.4) is 0 Å². The monoisotopic (exact) mass is 331 g/mol. The standard InChI is InChI=1S/C13H15BrClNO2/c1-18-12-3-2-4-16(8-12)13(17)9-5-10(14)7-11(15)6-9/h5-7,12H,2-4,8H2,1H3. The minimum atomic E-state index is 0.0138. The lowest BCUT2D eigenvalue weighted by molar-refractivity contribution is 0.0269. The molecule has 3 nitrogen and oxygen atoms in total. The van der Waals surface area contributed by atoms with Gasteiger partial charge in [0.1, 0.15) is 0 Å². The van der Waals surface area contributed by atoms with E-state index in [-0.39, 0.29) is 12.0 Å². The predicted molar refractivity (Wildman–Crippen MR) is 75.1 cm³/mol. The Kier molecular flexibility index (Phi) is 4.65. The molecule has 18 heavy (non-hydrogen) atoms. The molecule has 1 aliphatic rings. The van der Waals surface area contributed by atoms with Crippen molar-refractivity contribution in [3.05, 3.63) is 33.3 Å². The first kappa shape index (κ1) is 13.8. The zero-order chi connectivity index (χ0) is 13.1. The third-order valence-corrected chi connectivity index (χ3v) is 3.78. The number of carbonyl (C=O) groups is 1. The molecule has 1 aliphatic heterocycles. The largest absolute Gasteiger partial charge is 0.380 e. The number of piperidine rings is 1. The summed E-state index contributed by atoms with van der Waals surface area (Å²) in [5, 5.41) is 0.563. The second kappa shape index (κ2) is 6.04. The Morgan fingerprint density at radius 1 is 1.50 bits per heavy atom. The maximum absolute atomic E-state index is 12.4. The molecule has 1 saturated heterocycles. The Morgan fingerprint density at radius 2 is 2.28 bits per heavy atom. The summed E-state index contributed by atoms with van der Waals surface area (Å²) in [4.78, 5) is 14.2. The Balaban J connectivity index is 2.15. The first-order valence-corrected chi connectivity index (χ1v) is 7.05. The molecule has 0 spiro atoms. The SMILES string of the molecule is COC1CCCN(C(=O)c2cc(Cl)cc(Br)c2)C1. The van der Waals surface area contributed by atoms with Crippen molar-refractivity contribution in [2.45, 2.75) is 18.9 Å². The lowest BCUT2D eigenvalue weighted by Crippen LogP contribution is -2.42. The van der Waals surface area contributed by atoms with Gasteiger partial charge in [0.25, 0.3) is 5.91 Å². The van der Waals surface area contributed by atoms with Crippen LogP contribution in [0.25, 0.3) is 0 Å². The topological polar surface area (TPSA) is 29.5 Å². The molecule has 1 unspecified atom stereocenters. The molecule has 1 aromatic carbocycles. The minimum Gasteiger partial charge on any atom is -0.380 e. The van der Waals surface area contributed by atoms with Crippen molar-refractivity contribution < 1.29 is 9.53 Å². The van der Waals surface area contributed by atoms with E-state index in [1.807, 2.05) is 4.90 Å². The molecule has 0 aromatic heterocycles. The number of amides is 1. The van der Waals surface area contributed by atoms with Gasteiger partial charge in [-0.1, -0.05) is 27.5 Å². The van der Waals surface area contributed by atoms with Gasteiger partial charge in [-0.05, 0) is 31.0 Å². The maximum atomic E-state index is 12.4. The van der Waals surface area contributed by atoms with Gasteiger partial charge in [0.05, 0.1) is 6.10 Å². The van der Waals surface area contributed by atoms with Crippen LogP contribution < -0.4 is 0 Å². The van der Waals surface area contributed by atoms with Crippen molar-refractivity contribution in [1.82, 2.24) is 4.90 Å². The van der Waals surface area contributed by atoms with Crippen LogP contribution in [-0.2, 0) is 4.74 Å². The molecular formula is C13H15BrClNO2. The summed E-state index contributed by atoms with van der Waals surface area (Å²) in [7, 11) is 1.69. The lowest BCUT2D eigenvalue weighted by atomic mass is 10.1. The fraction of sp³-hybridized carbons (Fsp3) is 0.462. The first-order valence-electron chi connectivity index (χ1n) is 5.88. The molecule has 0 radical (unpaired) electrons. The fourth-order valence-corrected chi connectivity index (χ4v) is 3.04. The van der Waals surface area contributed by atoms with E-state index in [4.69, 9.17) is 16.3 Å². The van der Waals surface area contributed by atoms with Gasteiger partial charge in [-0.25, -0.2) is 0 Å². The number of hydrogen-bond acceptors (Lipinski definition) is 2. The molecular weight excluding hydrogens is 318 g/mol. The maximum Gasteiger partial charge on any atom is 0.254 e. The van der Waals surface area contributed by atoms with Crippen LogP contribution in [0.4, 0.5) is 0 Å². The molecule has 0 bridgehead atoms. The molecule has 1 atom stereocenters. The first-order chi connectivity index (χ1) is 8.60. The number of nitrogens with zero attached hydrogens (tertiary/aromatic N) is 1. The van der Waals surface area contributed by atoms with Gasteiger partial charge in [0, 0.05) is 35.3 Å². The summed E-state index contributed by atoms with van der Waals surface area (Å²) in [6.07, 6.45) is 2.14. The van der Waals surface area contributed by atoms with Crippen LogP contribution >= 0.6 is 27.5 Å². The van der Waals surface area contributed by atoms with E-state index < -0.39 is 0 Å². The highest BCUT2D eigenvalue weighted by atomic mass is 79.9. The Morgan fingerprint density at radius 3 is 2.94 bits per heavy atom. The van der Waals surface area contributed by atoms with Crippen molar-refractivity contribution in [3.8, 4) is 0 Å². The molecule has 1 amide bonds. The number of rotatable bonds is 2. The van der Waals surface area contributed by atoms with E-state index in [1.54, 1.807) is 25.3 Å². The summed E-state index contributed by atoms with van der Waals surface area (Å²) in [5.74, 6) is 0.0138. The average Bonchev–Trinajstić information content (AvgIpc) is 2.37. The highest BCUT2D eigenvalue weighted by Crippen LogP contribution is 2.22. The van der Waals surface area contributed by atoms with Crippen molar-refractivity contribution >= 4 is 33.4 Å². The molecule has 1 heterocycles. The minimum absolute atomic E-state index is 0.0138. The van der Waals surface area contributed by atoms with Gasteiger partial charge in [-0.15, -0.1) is 0 Å². The Bertz CT molecular complexity index is 432. The van der Waals surface area contributed by atoms with Crippen LogP contribution in [0.15, 0.2) is 22.7 Å². The lowest BCUT2D eigenvalue weighted by Gasteiger charge is -2.32. The number of likely N-dealkylation sites (tertiary alicyclic amines) is 1. The zero-order valence-electron chi connectivity index (χ0n) is 10.2. The quantitative estimate of drug-likeness (QED) is 0.831. The van der Waals surface area contributed by atoms with Crippen molar-refractivity contribution in [2.75, 3.05) is 20.2 Å². The van der Waals surface area contributed by atoms with Crippen LogP contribution in [0.1, 0.15) is 23.2 Å². The third-order valence-electron chi connectivity index (χ3n) is 3.11. The van der Waals surface area contributed by atoms with E-state index in [1.165, 1.54) is 0 Å².